The van der Waals surface area contributed by atoms with E-state index in [0.717, 1.165) is 43.2 Å². The molecule has 0 radical (unpaired) electrons. The summed E-state index contributed by atoms with van der Waals surface area (Å²) in [4.78, 5) is 29.9. The van der Waals surface area contributed by atoms with Gasteiger partial charge < -0.3 is 15.8 Å². The van der Waals surface area contributed by atoms with Crippen molar-refractivity contribution in [2.45, 2.75) is 50.0 Å². The van der Waals surface area contributed by atoms with Crippen LogP contribution in [0.2, 0.25) is 0 Å². The fraction of sp³-hybridized carbons (Fsp3) is 0.480. The molecule has 1 heterocycles. The molecule has 2 amide bonds. The number of hydrogen-bond acceptors (Lipinski definition) is 7. The SMILES string of the molecule is CS(=O)(=O)NC(=O)C1=C(C(N)=CC=NCC2CC2)C[C@](c2ccc(OCCCC(F)(F)F)cc2)(C(F)(F)F)NC1=O. The third-order valence-corrected chi connectivity index (χ3v) is 6.83. The summed E-state index contributed by atoms with van der Waals surface area (Å²) in [5.74, 6) is -2.61. The Kier molecular flexibility index (Phi) is 9.45. The maximum absolute atomic E-state index is 14.7. The van der Waals surface area contributed by atoms with Gasteiger partial charge in [0.05, 0.1) is 12.9 Å². The standard InChI is InChI=1S/C25H28F6N4O5S/c1-41(38,39)35-22(37)20-18(19(32)9-11-33-14-15-3-4-15)13-23(25(29,30)31,34-21(20)36)16-5-7-17(8-6-16)40-12-2-10-24(26,27)28/h5-9,11,15H,2-4,10,12-14,32H2,1H3,(H,34,36)(H,35,37)/t23-/m0/s1. The summed E-state index contributed by atoms with van der Waals surface area (Å²) in [6, 6.07) is 4.15. The van der Waals surface area contributed by atoms with E-state index in [9.17, 15) is 44.3 Å². The molecule has 0 bridgehead atoms. The summed E-state index contributed by atoms with van der Waals surface area (Å²) in [7, 11) is -4.20. The van der Waals surface area contributed by atoms with Gasteiger partial charge in [-0.3, -0.25) is 14.6 Å². The summed E-state index contributed by atoms with van der Waals surface area (Å²) < 4.78 is 111. The van der Waals surface area contributed by atoms with Crippen molar-refractivity contribution in [3.63, 3.8) is 0 Å². The number of nitrogens with one attached hydrogen (secondary N) is 2. The molecule has 1 aliphatic heterocycles. The number of halogens is 6. The maximum atomic E-state index is 14.7. The molecule has 4 N–H and O–H groups in total. The summed E-state index contributed by atoms with van der Waals surface area (Å²) in [5, 5.41) is 1.81. The average Bonchev–Trinajstić information content (AvgIpc) is 3.66. The van der Waals surface area contributed by atoms with Crippen LogP contribution in [-0.4, -0.2) is 58.2 Å². The quantitative estimate of drug-likeness (QED) is 0.152. The van der Waals surface area contributed by atoms with Crippen LogP contribution in [0.25, 0.3) is 0 Å². The van der Waals surface area contributed by atoms with Crippen molar-refractivity contribution in [3.05, 3.63) is 52.7 Å². The molecule has 0 aromatic heterocycles. The Bertz CT molecular complexity index is 1350. The van der Waals surface area contributed by atoms with Crippen LogP contribution in [-0.2, 0) is 25.2 Å². The van der Waals surface area contributed by atoms with Crippen LogP contribution >= 0.6 is 0 Å². The number of hydrogen-bond donors (Lipinski definition) is 3. The van der Waals surface area contributed by atoms with Gasteiger partial charge in [-0.05, 0) is 54.5 Å². The van der Waals surface area contributed by atoms with Crippen molar-refractivity contribution in [3.8, 4) is 5.75 Å². The van der Waals surface area contributed by atoms with E-state index >= 15 is 0 Å². The first-order valence-electron chi connectivity index (χ1n) is 12.3. The monoisotopic (exact) mass is 610 g/mol. The zero-order chi connectivity index (χ0) is 30.6. The molecule has 0 spiro atoms. The predicted molar refractivity (Wildman–Crippen MR) is 136 cm³/mol. The molecule has 1 aliphatic carbocycles. The number of nitrogens with two attached hydrogens (primary N) is 1. The van der Waals surface area contributed by atoms with Gasteiger partial charge in [0.25, 0.3) is 11.8 Å². The molecule has 16 heteroatoms. The number of sulfonamides is 1. The molecular weight excluding hydrogens is 582 g/mol. The Balaban J connectivity index is 1.99. The van der Waals surface area contributed by atoms with Crippen molar-refractivity contribution in [1.82, 2.24) is 10.0 Å². The first kappa shape index (κ1) is 32.0. The van der Waals surface area contributed by atoms with Gasteiger partial charge >= 0.3 is 12.4 Å². The zero-order valence-electron chi connectivity index (χ0n) is 21.7. The summed E-state index contributed by atoms with van der Waals surface area (Å²) in [6.07, 6.45) is -7.11. The lowest BCUT2D eigenvalue weighted by Crippen LogP contribution is -2.60. The lowest BCUT2D eigenvalue weighted by molar-refractivity contribution is -0.203. The highest BCUT2D eigenvalue weighted by Crippen LogP contribution is 2.47. The average molecular weight is 611 g/mol. The molecule has 41 heavy (non-hydrogen) atoms. The molecule has 1 aromatic rings. The molecule has 1 fully saturated rings. The fourth-order valence-electron chi connectivity index (χ4n) is 4.05. The van der Waals surface area contributed by atoms with E-state index in [1.54, 1.807) is 10.0 Å². The fourth-order valence-corrected chi connectivity index (χ4v) is 4.49. The minimum atomic E-state index is -5.15. The lowest BCUT2D eigenvalue weighted by Gasteiger charge is -2.41. The van der Waals surface area contributed by atoms with Gasteiger partial charge in [-0.1, -0.05) is 12.1 Å². The van der Waals surface area contributed by atoms with Gasteiger partial charge in [-0.25, -0.2) is 13.1 Å². The first-order valence-corrected chi connectivity index (χ1v) is 14.2. The molecule has 226 valence electrons. The van der Waals surface area contributed by atoms with Crippen molar-refractivity contribution in [2.75, 3.05) is 19.4 Å². The molecule has 1 atom stereocenters. The number of aliphatic imine (C=N–C) groups is 1. The number of carbonyl (C=O) groups is 2. The highest BCUT2D eigenvalue weighted by atomic mass is 32.2. The number of carbonyl (C=O) groups excluding carboxylic acids is 2. The second kappa shape index (κ2) is 12.1. The number of nitrogens with zero attached hydrogens (tertiary/aromatic N) is 1. The molecule has 0 saturated heterocycles. The van der Waals surface area contributed by atoms with E-state index in [0.29, 0.717) is 18.7 Å². The minimum Gasteiger partial charge on any atom is -0.494 e. The number of rotatable bonds is 11. The van der Waals surface area contributed by atoms with Gasteiger partial charge in [-0.15, -0.1) is 0 Å². The van der Waals surface area contributed by atoms with Gasteiger partial charge in [0.1, 0.15) is 11.3 Å². The van der Waals surface area contributed by atoms with Crippen LogP contribution in [0.3, 0.4) is 0 Å². The maximum Gasteiger partial charge on any atom is 0.416 e. The topological polar surface area (TPSA) is 140 Å². The van der Waals surface area contributed by atoms with Crippen LogP contribution in [0.4, 0.5) is 26.3 Å². The number of allylic oxidation sites excluding steroid dienone is 2. The largest absolute Gasteiger partial charge is 0.494 e. The Labute approximate surface area is 231 Å². The Morgan fingerprint density at radius 2 is 1.83 bits per heavy atom. The van der Waals surface area contributed by atoms with Crippen LogP contribution in [0.1, 0.15) is 37.7 Å². The number of ether oxygens (including phenoxy) is 1. The molecule has 0 unspecified atom stereocenters. The van der Waals surface area contributed by atoms with Crippen LogP contribution in [0.5, 0.6) is 5.75 Å². The zero-order valence-corrected chi connectivity index (χ0v) is 22.5. The Morgan fingerprint density at radius 3 is 2.37 bits per heavy atom. The lowest BCUT2D eigenvalue weighted by atomic mass is 9.77. The molecular formula is C25H28F6N4O5S. The van der Waals surface area contributed by atoms with E-state index in [-0.39, 0.29) is 18.8 Å². The van der Waals surface area contributed by atoms with Crippen molar-refractivity contribution in [1.29, 1.82) is 0 Å². The van der Waals surface area contributed by atoms with E-state index in [4.69, 9.17) is 10.5 Å². The number of alkyl halides is 6. The highest BCUT2D eigenvalue weighted by Gasteiger charge is 2.60. The second-order valence-electron chi connectivity index (χ2n) is 9.76. The minimum absolute atomic E-state index is 0.00865. The molecule has 2 aliphatic rings. The van der Waals surface area contributed by atoms with Crippen LogP contribution in [0, 0.1) is 5.92 Å². The number of amides is 2. The molecule has 9 nitrogen and oxygen atoms in total. The first-order chi connectivity index (χ1) is 18.9. The van der Waals surface area contributed by atoms with E-state index in [2.05, 4.69) is 4.99 Å². The molecule has 3 rings (SSSR count). The van der Waals surface area contributed by atoms with Crippen molar-refractivity contribution < 1.29 is 49.1 Å². The molecule has 1 saturated carbocycles. The van der Waals surface area contributed by atoms with Gasteiger partial charge in [-0.2, -0.15) is 26.3 Å². The van der Waals surface area contributed by atoms with Gasteiger partial charge in [0.15, 0.2) is 5.54 Å². The third-order valence-electron chi connectivity index (χ3n) is 6.28. The number of benzene rings is 1. The van der Waals surface area contributed by atoms with E-state index < -0.39 is 75.0 Å². The van der Waals surface area contributed by atoms with Gasteiger partial charge in [0, 0.05) is 31.3 Å². The van der Waals surface area contributed by atoms with E-state index in [1.807, 2.05) is 0 Å². The second-order valence-corrected chi connectivity index (χ2v) is 11.5. The highest BCUT2D eigenvalue weighted by molar-refractivity contribution is 7.89. The summed E-state index contributed by atoms with van der Waals surface area (Å²) in [6.45, 7) is 0.122. The van der Waals surface area contributed by atoms with Crippen molar-refractivity contribution >= 4 is 28.1 Å². The van der Waals surface area contributed by atoms with Crippen LogP contribution < -0.4 is 20.5 Å². The van der Waals surface area contributed by atoms with Crippen LogP contribution in [0.15, 0.2) is 52.2 Å². The van der Waals surface area contributed by atoms with E-state index in [1.165, 1.54) is 6.21 Å². The summed E-state index contributed by atoms with van der Waals surface area (Å²) in [5.41, 5.74) is 0.565. The summed E-state index contributed by atoms with van der Waals surface area (Å²) >= 11 is 0. The Hall–Kier alpha value is -3.56. The Morgan fingerprint density at radius 1 is 1.20 bits per heavy atom. The smallest absolute Gasteiger partial charge is 0.416 e. The van der Waals surface area contributed by atoms with Crippen molar-refractivity contribution in [2.24, 2.45) is 16.6 Å². The van der Waals surface area contributed by atoms with Gasteiger partial charge in [0.2, 0.25) is 10.0 Å². The molecule has 1 aromatic carbocycles. The normalized spacial score (nSPS) is 20.8. The third kappa shape index (κ3) is 8.71. The predicted octanol–water partition coefficient (Wildman–Crippen LogP) is 3.38.